The molecule has 0 spiro atoms. The first kappa shape index (κ1) is 15.6. The molecule has 23 heavy (non-hydrogen) atoms. The van der Waals surface area contributed by atoms with Crippen molar-refractivity contribution in [3.8, 4) is 5.75 Å². The number of thioether (sulfide) groups is 1. The second-order valence-electron chi connectivity index (χ2n) is 4.46. The van der Waals surface area contributed by atoms with Crippen molar-refractivity contribution in [2.24, 2.45) is 0 Å². The van der Waals surface area contributed by atoms with E-state index >= 15 is 0 Å². The maximum Gasteiger partial charge on any atom is 0.234 e. The van der Waals surface area contributed by atoms with E-state index in [-0.39, 0.29) is 11.7 Å². The van der Waals surface area contributed by atoms with Crippen LogP contribution in [0.2, 0.25) is 5.02 Å². The summed E-state index contributed by atoms with van der Waals surface area (Å²) in [5.41, 5.74) is 1.81. The van der Waals surface area contributed by atoms with Gasteiger partial charge in [-0.05, 0) is 18.2 Å². The number of H-pyrrole nitrogens is 1. The van der Waals surface area contributed by atoms with E-state index in [0.29, 0.717) is 32.6 Å². The van der Waals surface area contributed by atoms with Crippen LogP contribution < -0.4 is 10.1 Å². The van der Waals surface area contributed by atoms with Crippen LogP contribution in [0.1, 0.15) is 0 Å². The maximum atomic E-state index is 12.1. The van der Waals surface area contributed by atoms with E-state index in [1.54, 1.807) is 24.5 Å². The number of fused-ring (bicyclic) bond motifs is 1. The van der Waals surface area contributed by atoms with Crippen molar-refractivity contribution >= 4 is 46.1 Å². The van der Waals surface area contributed by atoms with Gasteiger partial charge >= 0.3 is 0 Å². The Morgan fingerprint density at radius 1 is 1.39 bits per heavy atom. The van der Waals surface area contributed by atoms with Gasteiger partial charge in [-0.2, -0.15) is 0 Å². The number of carbonyl (C=O) groups excluding carboxylic acids is 1. The number of ether oxygens (including phenoxy) is 1. The fourth-order valence-electron chi connectivity index (χ4n) is 1.95. The van der Waals surface area contributed by atoms with Gasteiger partial charge < -0.3 is 15.0 Å². The number of carbonyl (C=O) groups is 1. The molecule has 0 atom stereocenters. The molecule has 2 heterocycles. The van der Waals surface area contributed by atoms with Crippen LogP contribution in [-0.4, -0.2) is 38.7 Å². The number of hydrogen-bond donors (Lipinski definition) is 2. The van der Waals surface area contributed by atoms with Crippen LogP contribution in [0.5, 0.6) is 5.75 Å². The zero-order valence-corrected chi connectivity index (χ0v) is 13.6. The van der Waals surface area contributed by atoms with Crippen molar-refractivity contribution in [2.45, 2.75) is 5.03 Å². The third-order valence-corrected chi connectivity index (χ3v) is 4.19. The highest BCUT2D eigenvalue weighted by molar-refractivity contribution is 8.00. The Kier molecular flexibility index (Phi) is 4.63. The Labute approximate surface area is 140 Å². The molecule has 118 valence electrons. The lowest BCUT2D eigenvalue weighted by molar-refractivity contribution is -0.113. The highest BCUT2D eigenvalue weighted by Gasteiger charge is 2.11. The molecule has 3 rings (SSSR count). The Balaban J connectivity index is 1.68. The van der Waals surface area contributed by atoms with Crippen LogP contribution in [0.4, 0.5) is 5.69 Å². The maximum absolute atomic E-state index is 12.1. The minimum Gasteiger partial charge on any atom is -0.495 e. The Bertz CT molecular complexity index is 854. The Morgan fingerprint density at radius 3 is 3.09 bits per heavy atom. The van der Waals surface area contributed by atoms with Crippen molar-refractivity contribution < 1.29 is 9.53 Å². The van der Waals surface area contributed by atoms with Gasteiger partial charge in [-0.15, -0.1) is 0 Å². The zero-order chi connectivity index (χ0) is 16.2. The van der Waals surface area contributed by atoms with Gasteiger partial charge in [0, 0.05) is 5.02 Å². The van der Waals surface area contributed by atoms with Crippen LogP contribution in [0.25, 0.3) is 11.2 Å². The van der Waals surface area contributed by atoms with Gasteiger partial charge in [0.15, 0.2) is 5.65 Å². The lowest BCUT2D eigenvalue weighted by atomic mass is 10.3. The molecule has 0 unspecified atom stereocenters. The first-order chi connectivity index (χ1) is 11.2. The van der Waals surface area contributed by atoms with Crippen LogP contribution in [0.3, 0.4) is 0 Å². The molecule has 0 bridgehead atoms. The summed E-state index contributed by atoms with van der Waals surface area (Å²) in [5.74, 6) is 0.536. The van der Waals surface area contributed by atoms with Crippen molar-refractivity contribution in [3.05, 3.63) is 35.9 Å². The largest absolute Gasteiger partial charge is 0.495 e. The third-order valence-electron chi connectivity index (χ3n) is 2.96. The molecule has 1 aromatic carbocycles. The minimum atomic E-state index is -0.193. The number of methoxy groups -OCH3 is 1. The van der Waals surface area contributed by atoms with Gasteiger partial charge in [0.1, 0.15) is 22.6 Å². The second kappa shape index (κ2) is 6.84. The number of hydrogen-bond acceptors (Lipinski definition) is 6. The number of rotatable bonds is 5. The molecule has 7 nitrogen and oxygen atoms in total. The van der Waals surface area contributed by atoms with Crippen LogP contribution in [0.15, 0.2) is 35.9 Å². The van der Waals surface area contributed by atoms with Gasteiger partial charge in [0.25, 0.3) is 0 Å². The molecule has 2 aromatic heterocycles. The summed E-state index contributed by atoms with van der Waals surface area (Å²) in [6.07, 6.45) is 2.96. The molecular formula is C14H12ClN5O2S. The molecule has 0 radical (unpaired) electrons. The fraction of sp³-hybridized carbons (Fsp3) is 0.143. The lowest BCUT2D eigenvalue weighted by Crippen LogP contribution is -2.14. The van der Waals surface area contributed by atoms with Crippen molar-refractivity contribution in [3.63, 3.8) is 0 Å². The van der Waals surface area contributed by atoms with Gasteiger partial charge in [0.2, 0.25) is 5.91 Å². The van der Waals surface area contributed by atoms with E-state index in [1.807, 2.05) is 0 Å². The van der Waals surface area contributed by atoms with Crippen LogP contribution >= 0.6 is 23.4 Å². The van der Waals surface area contributed by atoms with Crippen molar-refractivity contribution in [1.29, 1.82) is 0 Å². The summed E-state index contributed by atoms with van der Waals surface area (Å²) in [6, 6.07) is 5.03. The van der Waals surface area contributed by atoms with E-state index in [0.717, 1.165) is 0 Å². The first-order valence-electron chi connectivity index (χ1n) is 6.57. The van der Waals surface area contributed by atoms with Crippen LogP contribution in [-0.2, 0) is 4.79 Å². The Hall–Kier alpha value is -2.32. The SMILES string of the molecule is COc1ccc(Cl)cc1NC(=O)CSc1ncnc2nc[nH]c12. The molecule has 9 heteroatoms. The zero-order valence-electron chi connectivity index (χ0n) is 12.0. The average molecular weight is 350 g/mol. The van der Waals surface area contributed by atoms with E-state index < -0.39 is 0 Å². The van der Waals surface area contributed by atoms with Crippen LogP contribution in [0, 0.1) is 0 Å². The highest BCUT2D eigenvalue weighted by atomic mass is 35.5. The number of aromatic amines is 1. The molecule has 1 amide bonds. The molecule has 0 saturated carbocycles. The molecule has 3 aromatic rings. The van der Waals surface area contributed by atoms with E-state index in [4.69, 9.17) is 16.3 Å². The quantitative estimate of drug-likeness (QED) is 0.543. The highest BCUT2D eigenvalue weighted by Crippen LogP contribution is 2.28. The van der Waals surface area contributed by atoms with E-state index in [2.05, 4.69) is 25.3 Å². The lowest BCUT2D eigenvalue weighted by Gasteiger charge is -2.10. The topological polar surface area (TPSA) is 92.8 Å². The number of amides is 1. The number of nitrogens with one attached hydrogen (secondary N) is 2. The first-order valence-corrected chi connectivity index (χ1v) is 7.94. The Morgan fingerprint density at radius 2 is 2.26 bits per heavy atom. The molecule has 2 N–H and O–H groups in total. The third kappa shape index (κ3) is 3.54. The molecule has 0 aliphatic heterocycles. The minimum absolute atomic E-state index is 0.181. The molecule has 0 fully saturated rings. The van der Waals surface area contributed by atoms with Gasteiger partial charge in [-0.25, -0.2) is 15.0 Å². The number of nitrogens with zero attached hydrogens (tertiary/aromatic N) is 3. The average Bonchev–Trinajstić information content (AvgIpc) is 3.02. The predicted molar refractivity (Wildman–Crippen MR) is 89.0 cm³/mol. The van der Waals surface area contributed by atoms with E-state index in [9.17, 15) is 4.79 Å². The monoisotopic (exact) mass is 349 g/mol. The standard InChI is InChI=1S/C14H12ClN5O2S/c1-22-10-3-2-8(15)4-9(10)20-11(21)5-23-14-12-13(17-6-16-12)18-7-19-14/h2-4,6-7H,5H2,1H3,(H,20,21)(H,16,17,18,19). The molecule has 0 aliphatic carbocycles. The van der Waals surface area contributed by atoms with Gasteiger partial charge in [0.05, 0.1) is 24.9 Å². The van der Waals surface area contributed by atoms with Gasteiger partial charge in [-0.3, -0.25) is 4.79 Å². The number of halogens is 1. The van der Waals surface area contributed by atoms with E-state index in [1.165, 1.54) is 25.2 Å². The summed E-state index contributed by atoms with van der Waals surface area (Å²) < 4.78 is 5.20. The second-order valence-corrected chi connectivity index (χ2v) is 5.86. The molecule has 0 saturated heterocycles. The molecule has 0 aliphatic rings. The van der Waals surface area contributed by atoms with Crippen molar-refractivity contribution in [1.82, 2.24) is 19.9 Å². The summed E-state index contributed by atoms with van der Waals surface area (Å²) in [5, 5.41) is 3.96. The molecular weight excluding hydrogens is 338 g/mol. The van der Waals surface area contributed by atoms with Gasteiger partial charge in [-0.1, -0.05) is 23.4 Å². The number of benzene rings is 1. The number of aromatic nitrogens is 4. The fourth-order valence-corrected chi connectivity index (χ4v) is 2.88. The summed E-state index contributed by atoms with van der Waals surface area (Å²) in [4.78, 5) is 27.3. The summed E-state index contributed by atoms with van der Waals surface area (Å²) in [6.45, 7) is 0. The summed E-state index contributed by atoms with van der Waals surface area (Å²) >= 11 is 7.23. The number of anilines is 1. The smallest absolute Gasteiger partial charge is 0.234 e. The number of imidazole rings is 1. The van der Waals surface area contributed by atoms with Crippen molar-refractivity contribution in [2.75, 3.05) is 18.2 Å². The predicted octanol–water partition coefficient (Wildman–Crippen LogP) is 2.75. The normalized spacial score (nSPS) is 10.7. The summed E-state index contributed by atoms with van der Waals surface area (Å²) in [7, 11) is 1.53.